The fraction of sp³-hybridized carbons (Fsp3) is 0.143. The number of aryl methyl sites for hydroxylation is 2. The highest BCUT2D eigenvalue weighted by molar-refractivity contribution is 14.1. The van der Waals surface area contributed by atoms with Gasteiger partial charge in [-0.25, -0.2) is 0 Å². The van der Waals surface area contributed by atoms with Crippen LogP contribution in [-0.2, 0) is 4.79 Å². The van der Waals surface area contributed by atoms with Gasteiger partial charge in [-0.2, -0.15) is 5.26 Å². The Hall–Kier alpha value is -1.86. The third-order valence-electron chi connectivity index (χ3n) is 3.68. The molecule has 0 fully saturated rings. The van der Waals surface area contributed by atoms with Crippen molar-refractivity contribution < 1.29 is 9.53 Å². The monoisotopic (exact) mass is 584 g/mol. The highest BCUT2D eigenvalue weighted by Gasteiger charge is 2.13. The normalized spacial score (nSPS) is 10.9. The van der Waals surface area contributed by atoms with Crippen LogP contribution in [0.3, 0.4) is 0 Å². The van der Waals surface area contributed by atoms with Gasteiger partial charge in [0.1, 0.15) is 24.0 Å². The Kier molecular flexibility index (Phi) is 7.86. The number of amides is 1. The molecule has 0 bridgehead atoms. The van der Waals surface area contributed by atoms with Gasteiger partial charge in [-0.3, -0.25) is 4.79 Å². The van der Waals surface area contributed by atoms with Gasteiger partial charge in [-0.1, -0.05) is 24.8 Å². The molecular formula is C21H18I2N2O2. The zero-order valence-corrected chi connectivity index (χ0v) is 19.3. The van der Waals surface area contributed by atoms with Crippen molar-refractivity contribution in [2.24, 2.45) is 0 Å². The van der Waals surface area contributed by atoms with Crippen LogP contribution in [0.1, 0.15) is 16.7 Å². The Balaban J connectivity index is 2.30. The molecule has 0 spiro atoms. The Morgan fingerprint density at radius 1 is 1.26 bits per heavy atom. The molecule has 138 valence electrons. The summed E-state index contributed by atoms with van der Waals surface area (Å²) in [5, 5.41) is 12.3. The molecule has 2 aromatic rings. The van der Waals surface area contributed by atoms with Crippen molar-refractivity contribution >= 4 is 62.9 Å². The minimum Gasteiger partial charge on any atom is -0.487 e. The number of nitrogens with one attached hydrogen (secondary N) is 1. The average molecular weight is 584 g/mol. The molecule has 2 rings (SSSR count). The van der Waals surface area contributed by atoms with Crippen molar-refractivity contribution in [3.8, 4) is 11.8 Å². The lowest BCUT2D eigenvalue weighted by Crippen LogP contribution is -2.14. The maximum absolute atomic E-state index is 12.5. The number of rotatable bonds is 6. The van der Waals surface area contributed by atoms with Gasteiger partial charge in [-0.05, 0) is 100.0 Å². The van der Waals surface area contributed by atoms with E-state index in [-0.39, 0.29) is 5.57 Å². The van der Waals surface area contributed by atoms with Crippen LogP contribution in [0.5, 0.6) is 5.75 Å². The van der Waals surface area contributed by atoms with Crippen LogP contribution in [0.4, 0.5) is 5.69 Å². The van der Waals surface area contributed by atoms with E-state index in [1.54, 1.807) is 12.2 Å². The van der Waals surface area contributed by atoms with Crippen molar-refractivity contribution in [2.75, 3.05) is 11.9 Å². The van der Waals surface area contributed by atoms with E-state index in [1.807, 2.05) is 50.2 Å². The number of anilines is 1. The summed E-state index contributed by atoms with van der Waals surface area (Å²) in [6.45, 7) is 7.94. The summed E-state index contributed by atoms with van der Waals surface area (Å²) < 4.78 is 7.46. The zero-order valence-electron chi connectivity index (χ0n) is 15.0. The molecule has 27 heavy (non-hydrogen) atoms. The van der Waals surface area contributed by atoms with Crippen molar-refractivity contribution in [1.29, 1.82) is 5.26 Å². The van der Waals surface area contributed by atoms with E-state index in [1.165, 1.54) is 0 Å². The van der Waals surface area contributed by atoms with Crippen LogP contribution in [0, 0.1) is 32.3 Å². The van der Waals surface area contributed by atoms with Gasteiger partial charge in [0.25, 0.3) is 5.91 Å². The molecule has 2 aromatic carbocycles. The van der Waals surface area contributed by atoms with Crippen molar-refractivity contribution in [1.82, 2.24) is 0 Å². The number of carbonyl (C=O) groups excluding carboxylic acids is 1. The van der Waals surface area contributed by atoms with Crippen molar-refractivity contribution in [3.05, 3.63) is 72.4 Å². The van der Waals surface area contributed by atoms with Crippen LogP contribution in [0.25, 0.3) is 6.08 Å². The van der Waals surface area contributed by atoms with Gasteiger partial charge in [0, 0.05) is 5.69 Å². The van der Waals surface area contributed by atoms with E-state index in [2.05, 4.69) is 57.1 Å². The Labute approximate surface area is 186 Å². The highest BCUT2D eigenvalue weighted by atomic mass is 127. The third-order valence-corrected chi connectivity index (χ3v) is 5.29. The first kappa shape index (κ1) is 21.4. The number of carbonyl (C=O) groups is 1. The lowest BCUT2D eigenvalue weighted by Gasteiger charge is -2.11. The molecule has 4 nitrogen and oxygen atoms in total. The van der Waals surface area contributed by atoms with E-state index < -0.39 is 5.91 Å². The summed E-state index contributed by atoms with van der Waals surface area (Å²) in [5.41, 5.74) is 3.50. The molecule has 0 radical (unpaired) electrons. The lowest BCUT2D eigenvalue weighted by molar-refractivity contribution is -0.112. The van der Waals surface area contributed by atoms with E-state index in [4.69, 9.17) is 4.74 Å². The second-order valence-electron chi connectivity index (χ2n) is 5.86. The van der Waals surface area contributed by atoms with Gasteiger partial charge >= 0.3 is 0 Å². The first-order chi connectivity index (χ1) is 12.8. The summed E-state index contributed by atoms with van der Waals surface area (Å²) >= 11 is 4.35. The lowest BCUT2D eigenvalue weighted by atomic mass is 10.1. The quantitative estimate of drug-likeness (QED) is 0.208. The van der Waals surface area contributed by atoms with Gasteiger partial charge < -0.3 is 10.1 Å². The summed E-state index contributed by atoms with van der Waals surface area (Å²) in [7, 11) is 0. The SMILES string of the molecule is C=CCOc1c(I)cc(/C=C(\C#N)C(=O)Nc2cc(C)ccc2C)cc1I. The molecule has 0 aliphatic heterocycles. The number of hydrogen-bond donors (Lipinski definition) is 1. The van der Waals surface area contributed by atoms with E-state index in [0.29, 0.717) is 12.3 Å². The van der Waals surface area contributed by atoms with Crippen LogP contribution < -0.4 is 10.1 Å². The Bertz CT molecular complexity index is 936. The van der Waals surface area contributed by atoms with Crippen LogP contribution in [0.2, 0.25) is 0 Å². The van der Waals surface area contributed by atoms with Crippen molar-refractivity contribution in [2.45, 2.75) is 13.8 Å². The number of hydrogen-bond acceptors (Lipinski definition) is 3. The van der Waals surface area contributed by atoms with Crippen LogP contribution in [-0.4, -0.2) is 12.5 Å². The molecule has 0 unspecified atom stereocenters. The van der Waals surface area contributed by atoms with E-state index in [0.717, 1.165) is 29.6 Å². The highest BCUT2D eigenvalue weighted by Crippen LogP contribution is 2.30. The molecule has 0 aliphatic carbocycles. The topological polar surface area (TPSA) is 62.1 Å². The molecule has 1 amide bonds. The minimum absolute atomic E-state index is 0.0438. The Morgan fingerprint density at radius 3 is 2.52 bits per heavy atom. The van der Waals surface area contributed by atoms with Gasteiger partial charge in [0.15, 0.2) is 0 Å². The van der Waals surface area contributed by atoms with E-state index in [9.17, 15) is 10.1 Å². The largest absolute Gasteiger partial charge is 0.487 e. The zero-order chi connectivity index (χ0) is 20.0. The number of nitriles is 1. The predicted octanol–water partition coefficient (Wildman–Crippen LogP) is 5.62. The maximum atomic E-state index is 12.5. The number of ether oxygens (including phenoxy) is 1. The summed E-state index contributed by atoms with van der Waals surface area (Å²) in [5.74, 6) is 0.342. The van der Waals surface area contributed by atoms with Gasteiger partial charge in [-0.15, -0.1) is 0 Å². The third kappa shape index (κ3) is 5.81. The second kappa shape index (κ2) is 9.90. The fourth-order valence-corrected chi connectivity index (χ4v) is 4.45. The Morgan fingerprint density at radius 2 is 1.93 bits per heavy atom. The smallest absolute Gasteiger partial charge is 0.266 e. The second-order valence-corrected chi connectivity index (χ2v) is 8.18. The molecule has 0 aliphatic rings. The first-order valence-electron chi connectivity index (χ1n) is 8.09. The summed E-state index contributed by atoms with van der Waals surface area (Å²) in [6, 6.07) is 11.6. The van der Waals surface area contributed by atoms with Gasteiger partial charge in [0.2, 0.25) is 0 Å². The molecule has 1 N–H and O–H groups in total. The maximum Gasteiger partial charge on any atom is 0.266 e. The fourth-order valence-electron chi connectivity index (χ4n) is 2.32. The average Bonchev–Trinajstić information content (AvgIpc) is 2.62. The molecule has 6 heteroatoms. The number of halogens is 2. The molecule has 0 aromatic heterocycles. The molecule has 0 heterocycles. The predicted molar refractivity (Wildman–Crippen MR) is 126 cm³/mol. The molecule has 0 saturated heterocycles. The van der Waals surface area contributed by atoms with Crippen LogP contribution in [0.15, 0.2) is 48.6 Å². The number of benzene rings is 2. The minimum atomic E-state index is -0.428. The first-order valence-corrected chi connectivity index (χ1v) is 10.2. The van der Waals surface area contributed by atoms with Crippen molar-refractivity contribution in [3.63, 3.8) is 0 Å². The molecule has 0 atom stereocenters. The van der Waals surface area contributed by atoms with Gasteiger partial charge in [0.05, 0.1) is 7.14 Å². The standard InChI is InChI=1S/C21H18I2N2O2/c1-4-7-27-20-17(22)10-15(11-18(20)23)9-16(12-24)21(26)25-19-8-13(2)5-6-14(19)3/h4-6,8-11H,1,7H2,2-3H3,(H,25,26)/b16-9+. The summed E-state index contributed by atoms with van der Waals surface area (Å²) in [6.07, 6.45) is 3.27. The van der Waals surface area contributed by atoms with Crippen LogP contribution >= 0.6 is 45.2 Å². The molecule has 0 saturated carbocycles. The number of nitrogens with zero attached hydrogens (tertiary/aromatic N) is 1. The molecular weight excluding hydrogens is 566 g/mol. The van der Waals surface area contributed by atoms with E-state index >= 15 is 0 Å². The summed E-state index contributed by atoms with van der Waals surface area (Å²) in [4.78, 5) is 12.5.